The molecule has 0 aromatic heterocycles. The summed E-state index contributed by atoms with van der Waals surface area (Å²) in [7, 11) is -3.61. The predicted octanol–water partition coefficient (Wildman–Crippen LogP) is 1.99. The van der Waals surface area contributed by atoms with E-state index in [9.17, 15) is 13.2 Å². The second-order valence-electron chi connectivity index (χ2n) is 4.31. The molecule has 4 heteroatoms. The third-order valence-corrected chi connectivity index (χ3v) is 5.98. The summed E-state index contributed by atoms with van der Waals surface area (Å²) in [5, 5.41) is 0. The van der Waals surface area contributed by atoms with Crippen LogP contribution in [-0.2, 0) is 14.6 Å². The standard InChI is InChI=1S/C13H14O3S/c1-3-11-9-13(11,10(2)14)17(15,16)12-7-5-4-6-8-12/h3-8,11H,1,9H2,2H3/t11-,13-/m1/s1. The lowest BCUT2D eigenvalue weighted by atomic mass is 10.2. The van der Waals surface area contributed by atoms with Crippen molar-refractivity contribution < 1.29 is 13.2 Å². The van der Waals surface area contributed by atoms with Gasteiger partial charge in [-0.05, 0) is 25.5 Å². The zero-order valence-corrected chi connectivity index (χ0v) is 10.4. The van der Waals surface area contributed by atoms with Crippen molar-refractivity contribution in [3.05, 3.63) is 43.0 Å². The highest BCUT2D eigenvalue weighted by Gasteiger charge is 2.66. The van der Waals surface area contributed by atoms with Crippen molar-refractivity contribution in [1.82, 2.24) is 0 Å². The minimum Gasteiger partial charge on any atom is -0.298 e. The SMILES string of the molecule is C=C[C@@H]1C[C@]1(C(C)=O)S(=O)(=O)c1ccccc1. The van der Waals surface area contributed by atoms with Crippen molar-refractivity contribution in [2.45, 2.75) is 23.0 Å². The third-order valence-electron chi connectivity index (χ3n) is 3.38. The molecule has 2 atom stereocenters. The molecule has 17 heavy (non-hydrogen) atoms. The van der Waals surface area contributed by atoms with Gasteiger partial charge in [-0.2, -0.15) is 0 Å². The number of hydrogen-bond acceptors (Lipinski definition) is 3. The number of carbonyl (C=O) groups excluding carboxylic acids is 1. The molecule has 1 aliphatic rings. The van der Waals surface area contributed by atoms with Crippen molar-refractivity contribution in [2.24, 2.45) is 5.92 Å². The fourth-order valence-electron chi connectivity index (χ4n) is 2.25. The summed E-state index contributed by atoms with van der Waals surface area (Å²) >= 11 is 0. The van der Waals surface area contributed by atoms with Gasteiger partial charge in [0.15, 0.2) is 15.6 Å². The number of hydrogen-bond donors (Lipinski definition) is 0. The zero-order chi connectivity index (χ0) is 12.7. The Hall–Kier alpha value is -1.42. The summed E-state index contributed by atoms with van der Waals surface area (Å²) in [5.74, 6) is -0.559. The van der Waals surface area contributed by atoms with E-state index in [0.29, 0.717) is 6.42 Å². The van der Waals surface area contributed by atoms with E-state index < -0.39 is 14.6 Å². The van der Waals surface area contributed by atoms with Crippen molar-refractivity contribution in [2.75, 3.05) is 0 Å². The van der Waals surface area contributed by atoms with Crippen molar-refractivity contribution in [3.63, 3.8) is 0 Å². The first kappa shape index (κ1) is 12.0. The lowest BCUT2D eigenvalue weighted by Crippen LogP contribution is -2.33. The van der Waals surface area contributed by atoms with Crippen LogP contribution in [0, 0.1) is 5.92 Å². The molecule has 90 valence electrons. The van der Waals surface area contributed by atoms with Crippen LogP contribution >= 0.6 is 0 Å². The van der Waals surface area contributed by atoms with E-state index in [4.69, 9.17) is 0 Å². The Labute approximate surface area is 101 Å². The first-order chi connectivity index (χ1) is 7.96. The molecule has 1 aromatic rings. The predicted molar refractivity (Wildman–Crippen MR) is 65.3 cm³/mol. The Morgan fingerprint density at radius 3 is 2.41 bits per heavy atom. The number of rotatable bonds is 4. The van der Waals surface area contributed by atoms with E-state index in [0.717, 1.165) is 0 Å². The lowest BCUT2D eigenvalue weighted by Gasteiger charge is -2.14. The fraction of sp³-hybridized carbons (Fsp3) is 0.308. The molecular formula is C13H14O3S. The highest BCUT2D eigenvalue weighted by atomic mass is 32.2. The Bertz CT molecular complexity index is 560. The van der Waals surface area contributed by atoms with E-state index in [2.05, 4.69) is 6.58 Å². The molecule has 1 aliphatic carbocycles. The highest BCUT2D eigenvalue weighted by molar-refractivity contribution is 7.94. The van der Waals surface area contributed by atoms with Gasteiger partial charge < -0.3 is 0 Å². The van der Waals surface area contributed by atoms with Gasteiger partial charge in [0.2, 0.25) is 0 Å². The number of benzene rings is 1. The van der Waals surface area contributed by atoms with Crippen LogP contribution < -0.4 is 0 Å². The van der Waals surface area contributed by atoms with Crippen molar-refractivity contribution in [1.29, 1.82) is 0 Å². The Morgan fingerprint density at radius 2 is 2.00 bits per heavy atom. The molecule has 0 radical (unpaired) electrons. The smallest absolute Gasteiger partial charge is 0.191 e. The molecule has 1 saturated carbocycles. The van der Waals surface area contributed by atoms with Crippen LogP contribution in [0.15, 0.2) is 47.9 Å². The average Bonchev–Trinajstić information content (AvgIpc) is 3.06. The van der Waals surface area contributed by atoms with Crippen LogP contribution in [0.2, 0.25) is 0 Å². The van der Waals surface area contributed by atoms with E-state index >= 15 is 0 Å². The monoisotopic (exact) mass is 250 g/mol. The Kier molecular flexibility index (Phi) is 2.70. The fourth-order valence-corrected chi connectivity index (χ4v) is 4.46. The maximum absolute atomic E-state index is 12.5. The molecule has 1 fully saturated rings. The van der Waals surface area contributed by atoms with Crippen molar-refractivity contribution in [3.8, 4) is 0 Å². The summed E-state index contributed by atoms with van der Waals surface area (Å²) in [5.41, 5.74) is 0. The van der Waals surface area contributed by atoms with Gasteiger partial charge >= 0.3 is 0 Å². The quantitative estimate of drug-likeness (QED) is 0.768. The van der Waals surface area contributed by atoms with Gasteiger partial charge in [0.25, 0.3) is 0 Å². The van der Waals surface area contributed by atoms with Gasteiger partial charge in [-0.1, -0.05) is 24.3 Å². The van der Waals surface area contributed by atoms with E-state index in [1.54, 1.807) is 24.3 Å². The molecule has 0 bridgehead atoms. The van der Waals surface area contributed by atoms with Crippen molar-refractivity contribution >= 4 is 15.6 Å². The molecule has 0 aliphatic heterocycles. The molecule has 0 unspecified atom stereocenters. The topological polar surface area (TPSA) is 51.2 Å². The molecule has 3 nitrogen and oxygen atoms in total. The number of allylic oxidation sites excluding steroid dienone is 1. The van der Waals surface area contributed by atoms with Crippen LogP contribution in [-0.4, -0.2) is 18.9 Å². The number of carbonyl (C=O) groups is 1. The maximum atomic E-state index is 12.5. The van der Waals surface area contributed by atoms with Gasteiger partial charge in [0.05, 0.1) is 4.90 Å². The molecule has 0 amide bonds. The first-order valence-electron chi connectivity index (χ1n) is 5.40. The minimum atomic E-state index is -3.61. The second-order valence-corrected chi connectivity index (χ2v) is 6.52. The second kappa shape index (κ2) is 3.81. The molecule has 0 spiro atoms. The number of sulfone groups is 1. The Balaban J connectivity index is 2.54. The third kappa shape index (κ3) is 1.55. The van der Waals surface area contributed by atoms with Crippen LogP contribution in [0.3, 0.4) is 0 Å². The van der Waals surface area contributed by atoms with Crippen LogP contribution in [0.4, 0.5) is 0 Å². The summed E-state index contributed by atoms with van der Waals surface area (Å²) in [6.45, 7) is 4.93. The molecule has 0 N–H and O–H groups in total. The van der Waals surface area contributed by atoms with E-state index in [-0.39, 0.29) is 16.6 Å². The number of Topliss-reactive ketones (excluding diaryl/α,β-unsaturated/α-hetero) is 1. The number of ketones is 1. The van der Waals surface area contributed by atoms with Gasteiger partial charge in [0.1, 0.15) is 4.75 Å². The normalized spacial score (nSPS) is 27.5. The van der Waals surface area contributed by atoms with E-state index in [1.165, 1.54) is 19.1 Å². The summed E-state index contributed by atoms with van der Waals surface area (Å²) < 4.78 is 23.6. The highest BCUT2D eigenvalue weighted by Crippen LogP contribution is 2.53. The minimum absolute atomic E-state index is 0.208. The maximum Gasteiger partial charge on any atom is 0.191 e. The van der Waals surface area contributed by atoms with Gasteiger partial charge in [0, 0.05) is 5.92 Å². The summed E-state index contributed by atoms with van der Waals surface area (Å²) in [6, 6.07) is 8.12. The van der Waals surface area contributed by atoms with Crippen LogP contribution in [0.25, 0.3) is 0 Å². The van der Waals surface area contributed by atoms with Gasteiger partial charge in [-0.3, -0.25) is 4.79 Å². The van der Waals surface area contributed by atoms with Gasteiger partial charge in [-0.15, -0.1) is 6.58 Å². The zero-order valence-electron chi connectivity index (χ0n) is 9.59. The average molecular weight is 250 g/mol. The van der Waals surface area contributed by atoms with Crippen LogP contribution in [0.1, 0.15) is 13.3 Å². The molecule has 2 rings (SSSR count). The molecule has 1 aromatic carbocycles. The molecule has 0 saturated heterocycles. The van der Waals surface area contributed by atoms with E-state index in [1.807, 2.05) is 0 Å². The molecular weight excluding hydrogens is 236 g/mol. The largest absolute Gasteiger partial charge is 0.298 e. The summed E-state index contributed by atoms with van der Waals surface area (Å²) in [6.07, 6.45) is 1.91. The molecule has 0 heterocycles. The van der Waals surface area contributed by atoms with Crippen LogP contribution in [0.5, 0.6) is 0 Å². The summed E-state index contributed by atoms with van der Waals surface area (Å²) in [4.78, 5) is 11.9. The Morgan fingerprint density at radius 1 is 1.41 bits per heavy atom. The first-order valence-corrected chi connectivity index (χ1v) is 6.88. The lowest BCUT2D eigenvalue weighted by molar-refractivity contribution is -0.117. The van der Waals surface area contributed by atoms with Gasteiger partial charge in [-0.25, -0.2) is 8.42 Å².